The fourth-order valence-corrected chi connectivity index (χ4v) is 3.18. The monoisotopic (exact) mass is 496 g/mol. The molecule has 0 aromatic heterocycles. The fourth-order valence-electron chi connectivity index (χ4n) is 3.18. The van der Waals surface area contributed by atoms with Gasteiger partial charge in [-0.1, -0.05) is 13.8 Å². The van der Waals surface area contributed by atoms with Crippen molar-refractivity contribution < 1.29 is 14.3 Å². The van der Waals surface area contributed by atoms with Gasteiger partial charge >= 0.3 is 0 Å². The van der Waals surface area contributed by atoms with Crippen LogP contribution in [-0.2, 0) is 14.3 Å². The topological polar surface area (TPSA) is 66.4 Å². The molecule has 2 aliphatic heterocycles. The number of piperazine rings is 1. The van der Waals surface area contributed by atoms with Crippen molar-refractivity contribution in [1.29, 1.82) is 0 Å². The molecule has 27 heavy (non-hydrogen) atoms. The van der Waals surface area contributed by atoms with Crippen molar-refractivity contribution in [3.63, 3.8) is 0 Å². The first kappa shape index (κ1) is 24.4. The molecule has 1 atom stereocenters. The summed E-state index contributed by atoms with van der Waals surface area (Å²) in [5, 5.41) is 3.35. The molecule has 0 aromatic carbocycles. The number of carbonyl (C=O) groups is 1. The Bertz CT molecular complexity index is 448. The first-order valence-corrected chi connectivity index (χ1v) is 10.1. The second-order valence-electron chi connectivity index (χ2n) is 7.34. The maximum atomic E-state index is 12.4. The second kappa shape index (κ2) is 13.5. The Hall–Kier alpha value is -0.610. The zero-order valence-electron chi connectivity index (χ0n) is 17.1. The molecule has 7 nitrogen and oxygen atoms in total. The first-order valence-electron chi connectivity index (χ1n) is 10.1. The average Bonchev–Trinajstić information content (AvgIpc) is 3.17. The van der Waals surface area contributed by atoms with Crippen LogP contribution in [0.1, 0.15) is 40.0 Å². The number of hydrogen-bond acceptors (Lipinski definition) is 4. The lowest BCUT2D eigenvalue weighted by Gasteiger charge is -2.37. The lowest BCUT2D eigenvalue weighted by molar-refractivity contribution is -0.142. The van der Waals surface area contributed by atoms with Gasteiger partial charge in [0.05, 0.1) is 13.2 Å². The third-order valence-electron chi connectivity index (χ3n) is 4.77. The van der Waals surface area contributed by atoms with Crippen molar-refractivity contribution >= 4 is 35.8 Å². The van der Waals surface area contributed by atoms with Gasteiger partial charge < -0.3 is 24.6 Å². The number of amides is 1. The van der Waals surface area contributed by atoms with Crippen molar-refractivity contribution in [3.05, 3.63) is 0 Å². The van der Waals surface area contributed by atoms with Gasteiger partial charge in [-0.05, 0) is 32.1 Å². The predicted molar refractivity (Wildman–Crippen MR) is 119 cm³/mol. The summed E-state index contributed by atoms with van der Waals surface area (Å²) in [4.78, 5) is 21.3. The molecule has 0 saturated carbocycles. The molecule has 1 unspecified atom stereocenters. The molecule has 2 aliphatic rings. The number of halogens is 1. The third-order valence-corrected chi connectivity index (χ3v) is 4.77. The van der Waals surface area contributed by atoms with Gasteiger partial charge in [-0.25, -0.2) is 0 Å². The van der Waals surface area contributed by atoms with E-state index in [1.165, 1.54) is 0 Å². The molecule has 2 rings (SSSR count). The molecule has 2 fully saturated rings. The van der Waals surface area contributed by atoms with E-state index in [9.17, 15) is 4.79 Å². The van der Waals surface area contributed by atoms with Crippen molar-refractivity contribution in [3.8, 4) is 0 Å². The van der Waals surface area contributed by atoms with Crippen LogP contribution >= 0.6 is 24.0 Å². The Labute approximate surface area is 181 Å². The molecule has 2 saturated heterocycles. The smallest absolute Gasteiger partial charge is 0.251 e. The van der Waals surface area contributed by atoms with E-state index in [2.05, 4.69) is 36.0 Å². The van der Waals surface area contributed by atoms with Crippen molar-refractivity contribution in [2.45, 2.75) is 46.1 Å². The molecule has 1 N–H and O–H groups in total. The predicted octanol–water partition coefficient (Wildman–Crippen LogP) is 1.96. The van der Waals surface area contributed by atoms with E-state index in [4.69, 9.17) is 9.47 Å². The fraction of sp³-hybridized carbons (Fsp3) is 0.895. The summed E-state index contributed by atoms with van der Waals surface area (Å²) in [7, 11) is 0. The number of nitrogens with zero attached hydrogens (tertiary/aromatic N) is 3. The molecule has 2 heterocycles. The summed E-state index contributed by atoms with van der Waals surface area (Å²) in [6.45, 7) is 13.2. The summed E-state index contributed by atoms with van der Waals surface area (Å²) in [6.07, 6.45) is 2.73. The number of carbonyl (C=O) groups excluding carboxylic acids is 1. The van der Waals surface area contributed by atoms with Crippen LogP contribution in [0.4, 0.5) is 0 Å². The Morgan fingerprint density at radius 2 is 1.93 bits per heavy atom. The number of guanidine groups is 1. The van der Waals surface area contributed by atoms with Gasteiger partial charge in [-0.15, -0.1) is 24.0 Å². The molecule has 0 radical (unpaired) electrons. The highest BCUT2D eigenvalue weighted by Crippen LogP contribution is 2.16. The molecule has 0 aliphatic carbocycles. The van der Waals surface area contributed by atoms with Crippen molar-refractivity contribution in [1.82, 2.24) is 15.1 Å². The number of aliphatic imine (C=N–C) groups is 1. The summed E-state index contributed by atoms with van der Waals surface area (Å²) in [6, 6.07) is 0. The van der Waals surface area contributed by atoms with Gasteiger partial charge in [0.2, 0.25) is 0 Å². The van der Waals surface area contributed by atoms with E-state index in [0.717, 1.165) is 64.6 Å². The number of nitrogens with one attached hydrogen (secondary N) is 1. The average molecular weight is 496 g/mol. The summed E-state index contributed by atoms with van der Waals surface area (Å²) < 4.78 is 11.2. The molecule has 8 heteroatoms. The second-order valence-corrected chi connectivity index (χ2v) is 7.34. The highest BCUT2D eigenvalue weighted by molar-refractivity contribution is 14.0. The molecule has 0 spiro atoms. The quantitative estimate of drug-likeness (QED) is 0.241. The minimum atomic E-state index is -0.216. The SMILES string of the molecule is CCNC(=NCCOCCC(C)C)N1CCN(C(=O)C2CCCO2)CC1.I. The van der Waals surface area contributed by atoms with Gasteiger partial charge in [0.15, 0.2) is 5.96 Å². The van der Waals surface area contributed by atoms with Crippen molar-refractivity contribution in [2.75, 3.05) is 59.1 Å². The standard InChI is InChI=1S/C19H36N4O3.HI/c1-4-20-19(21-8-15-25-14-7-16(2)3)23-11-9-22(10-12-23)18(24)17-6-5-13-26-17;/h16-17H,4-15H2,1-3H3,(H,20,21);1H. The summed E-state index contributed by atoms with van der Waals surface area (Å²) in [5.74, 6) is 1.75. The van der Waals surface area contributed by atoms with Crippen LogP contribution in [0.15, 0.2) is 4.99 Å². The van der Waals surface area contributed by atoms with Gasteiger partial charge in [0.1, 0.15) is 6.10 Å². The Kier molecular flexibility index (Phi) is 12.3. The van der Waals surface area contributed by atoms with Crippen LogP contribution in [0.3, 0.4) is 0 Å². The molecule has 0 aromatic rings. The molecular weight excluding hydrogens is 459 g/mol. The van der Waals surface area contributed by atoms with E-state index in [0.29, 0.717) is 25.7 Å². The normalized spacial score (nSPS) is 20.7. The minimum Gasteiger partial charge on any atom is -0.380 e. The summed E-state index contributed by atoms with van der Waals surface area (Å²) >= 11 is 0. The zero-order chi connectivity index (χ0) is 18.8. The lowest BCUT2D eigenvalue weighted by atomic mass is 10.1. The van der Waals surface area contributed by atoms with Gasteiger partial charge in [-0.2, -0.15) is 0 Å². The van der Waals surface area contributed by atoms with Gasteiger partial charge in [-0.3, -0.25) is 9.79 Å². The zero-order valence-corrected chi connectivity index (χ0v) is 19.4. The van der Waals surface area contributed by atoms with E-state index < -0.39 is 0 Å². The molecular formula is C19H37IN4O3. The first-order chi connectivity index (χ1) is 12.6. The maximum absolute atomic E-state index is 12.4. The highest BCUT2D eigenvalue weighted by atomic mass is 127. The van der Waals surface area contributed by atoms with Crippen LogP contribution in [-0.4, -0.2) is 86.9 Å². The maximum Gasteiger partial charge on any atom is 0.251 e. The van der Waals surface area contributed by atoms with Crippen LogP contribution in [0, 0.1) is 5.92 Å². The van der Waals surface area contributed by atoms with Gasteiger partial charge in [0, 0.05) is 45.9 Å². The largest absolute Gasteiger partial charge is 0.380 e. The molecule has 158 valence electrons. The van der Waals surface area contributed by atoms with E-state index in [1.807, 2.05) is 4.90 Å². The van der Waals surface area contributed by atoms with Crippen LogP contribution in [0.25, 0.3) is 0 Å². The summed E-state index contributed by atoms with van der Waals surface area (Å²) in [5.41, 5.74) is 0. The Balaban J connectivity index is 0.00000364. The molecule has 1 amide bonds. The Morgan fingerprint density at radius 1 is 1.22 bits per heavy atom. The number of ether oxygens (including phenoxy) is 2. The van der Waals surface area contributed by atoms with Crippen LogP contribution in [0.2, 0.25) is 0 Å². The van der Waals surface area contributed by atoms with Crippen LogP contribution in [0.5, 0.6) is 0 Å². The lowest BCUT2D eigenvalue weighted by Crippen LogP contribution is -2.55. The van der Waals surface area contributed by atoms with E-state index >= 15 is 0 Å². The minimum absolute atomic E-state index is 0. The number of hydrogen-bond donors (Lipinski definition) is 1. The van der Waals surface area contributed by atoms with E-state index in [-0.39, 0.29) is 36.0 Å². The van der Waals surface area contributed by atoms with Gasteiger partial charge in [0.25, 0.3) is 5.91 Å². The van der Waals surface area contributed by atoms with Crippen LogP contribution < -0.4 is 5.32 Å². The van der Waals surface area contributed by atoms with E-state index in [1.54, 1.807) is 0 Å². The van der Waals surface area contributed by atoms with Crippen molar-refractivity contribution in [2.24, 2.45) is 10.9 Å². The molecule has 0 bridgehead atoms. The highest BCUT2D eigenvalue weighted by Gasteiger charge is 2.30. The number of rotatable bonds is 8. The third kappa shape index (κ3) is 8.51. The Morgan fingerprint density at radius 3 is 2.52 bits per heavy atom.